The molecule has 0 spiro atoms. The summed E-state index contributed by atoms with van der Waals surface area (Å²) >= 11 is 0. The molecule has 27 heavy (non-hydrogen) atoms. The third kappa shape index (κ3) is 5.85. The first-order valence-electron chi connectivity index (χ1n) is 9.58. The zero-order valence-corrected chi connectivity index (χ0v) is 16.5. The van der Waals surface area contributed by atoms with E-state index in [9.17, 15) is 9.59 Å². The molecule has 1 atom stereocenters. The molecular weight excluding hydrogens is 346 g/mol. The van der Waals surface area contributed by atoms with Crippen molar-refractivity contribution in [3.8, 4) is 11.5 Å². The summed E-state index contributed by atoms with van der Waals surface area (Å²) in [6.45, 7) is 5.34. The summed E-state index contributed by atoms with van der Waals surface area (Å²) in [5.41, 5.74) is 5.97. The number of carbonyl (C=O) groups excluding carboxylic acids is 2. The average molecular weight is 377 g/mol. The summed E-state index contributed by atoms with van der Waals surface area (Å²) in [7, 11) is 1.56. The van der Waals surface area contributed by atoms with Crippen molar-refractivity contribution in [3.63, 3.8) is 0 Å². The van der Waals surface area contributed by atoms with Crippen LogP contribution >= 0.6 is 0 Å². The number of benzene rings is 1. The van der Waals surface area contributed by atoms with E-state index in [1.165, 1.54) is 0 Å². The molecular formula is C20H31N3O4. The van der Waals surface area contributed by atoms with Crippen molar-refractivity contribution in [1.82, 2.24) is 10.2 Å². The number of hydrogen-bond donors (Lipinski definition) is 2. The quantitative estimate of drug-likeness (QED) is 0.722. The minimum Gasteiger partial charge on any atom is -0.493 e. The van der Waals surface area contributed by atoms with Gasteiger partial charge in [-0.3, -0.25) is 9.59 Å². The number of nitrogens with two attached hydrogens (primary N) is 1. The summed E-state index contributed by atoms with van der Waals surface area (Å²) in [4.78, 5) is 26.6. The lowest BCUT2D eigenvalue weighted by Crippen LogP contribution is -2.49. The first-order chi connectivity index (χ1) is 13.0. The third-order valence-corrected chi connectivity index (χ3v) is 4.57. The summed E-state index contributed by atoms with van der Waals surface area (Å²) in [5, 5.41) is 2.89. The maximum absolute atomic E-state index is 13.1. The van der Waals surface area contributed by atoms with Gasteiger partial charge in [0.15, 0.2) is 11.5 Å². The van der Waals surface area contributed by atoms with Gasteiger partial charge in [-0.25, -0.2) is 0 Å². The van der Waals surface area contributed by atoms with E-state index in [1.807, 2.05) is 18.7 Å². The Hall–Kier alpha value is -2.28. The molecule has 0 saturated carbocycles. The highest BCUT2D eigenvalue weighted by Gasteiger charge is 2.28. The molecule has 2 amide bonds. The Kier molecular flexibility index (Phi) is 7.91. The maximum Gasteiger partial charge on any atom is 0.254 e. The molecule has 1 unspecified atom stereocenters. The molecule has 1 fully saturated rings. The van der Waals surface area contributed by atoms with E-state index in [0.29, 0.717) is 43.1 Å². The van der Waals surface area contributed by atoms with Crippen molar-refractivity contribution < 1.29 is 19.1 Å². The van der Waals surface area contributed by atoms with E-state index in [1.54, 1.807) is 25.3 Å². The van der Waals surface area contributed by atoms with Crippen molar-refractivity contribution >= 4 is 11.8 Å². The highest BCUT2D eigenvalue weighted by atomic mass is 16.5. The van der Waals surface area contributed by atoms with Crippen LogP contribution in [-0.4, -0.2) is 55.6 Å². The second-order valence-electron chi connectivity index (χ2n) is 7.02. The van der Waals surface area contributed by atoms with Gasteiger partial charge in [0.05, 0.1) is 13.2 Å². The second kappa shape index (κ2) is 10.2. The van der Waals surface area contributed by atoms with Crippen LogP contribution < -0.4 is 20.5 Å². The normalized spacial score (nSPS) is 16.9. The lowest BCUT2D eigenvalue weighted by molar-refractivity contribution is -0.121. The van der Waals surface area contributed by atoms with E-state index < -0.39 is 0 Å². The average Bonchev–Trinajstić information content (AvgIpc) is 2.66. The van der Waals surface area contributed by atoms with Gasteiger partial charge in [-0.05, 0) is 51.3 Å². The fourth-order valence-corrected chi connectivity index (χ4v) is 3.25. The van der Waals surface area contributed by atoms with E-state index in [0.717, 1.165) is 19.3 Å². The zero-order chi connectivity index (χ0) is 19.8. The molecule has 7 nitrogen and oxygen atoms in total. The third-order valence-electron chi connectivity index (χ3n) is 4.57. The molecule has 0 bridgehead atoms. The summed E-state index contributed by atoms with van der Waals surface area (Å²) in [6, 6.07) is 5.25. The van der Waals surface area contributed by atoms with Crippen molar-refractivity contribution in [3.05, 3.63) is 23.8 Å². The van der Waals surface area contributed by atoms with Gasteiger partial charge in [-0.2, -0.15) is 0 Å². The molecule has 0 aliphatic carbocycles. The Morgan fingerprint density at radius 1 is 1.30 bits per heavy atom. The van der Waals surface area contributed by atoms with Gasteiger partial charge in [-0.15, -0.1) is 0 Å². The molecule has 0 radical (unpaired) electrons. The molecule has 1 heterocycles. The second-order valence-corrected chi connectivity index (χ2v) is 7.02. The molecule has 1 saturated heterocycles. The van der Waals surface area contributed by atoms with Crippen LogP contribution in [0, 0.1) is 0 Å². The van der Waals surface area contributed by atoms with Crippen LogP contribution in [0.4, 0.5) is 0 Å². The van der Waals surface area contributed by atoms with Gasteiger partial charge < -0.3 is 25.4 Å². The van der Waals surface area contributed by atoms with Crippen molar-refractivity contribution in [2.24, 2.45) is 5.73 Å². The molecule has 2 rings (SSSR count). The standard InChI is InChI=1S/C20H31N3O4/c1-14(2)27-17-8-7-15(12-18(17)26-3)20(25)23-11-5-4-6-16(23)13-22-19(24)9-10-21/h7-8,12,14,16H,4-6,9-11,13,21H2,1-3H3,(H,22,24). The highest BCUT2D eigenvalue weighted by molar-refractivity contribution is 5.95. The number of rotatable bonds is 8. The van der Waals surface area contributed by atoms with Crippen LogP contribution in [0.25, 0.3) is 0 Å². The van der Waals surface area contributed by atoms with Crippen LogP contribution in [0.1, 0.15) is 49.9 Å². The number of likely N-dealkylation sites (tertiary alicyclic amines) is 1. The van der Waals surface area contributed by atoms with Crippen molar-refractivity contribution in [2.45, 2.75) is 51.7 Å². The number of amides is 2. The molecule has 1 aromatic rings. The molecule has 0 aromatic heterocycles. The summed E-state index contributed by atoms with van der Waals surface area (Å²) < 4.78 is 11.1. The van der Waals surface area contributed by atoms with Crippen LogP contribution in [0.5, 0.6) is 11.5 Å². The SMILES string of the molecule is COc1cc(C(=O)N2CCCCC2CNC(=O)CCN)ccc1OC(C)C. The number of ether oxygens (including phenoxy) is 2. The van der Waals surface area contributed by atoms with Gasteiger partial charge in [-0.1, -0.05) is 0 Å². The van der Waals surface area contributed by atoms with Gasteiger partial charge in [0.1, 0.15) is 0 Å². The Morgan fingerprint density at radius 3 is 2.74 bits per heavy atom. The molecule has 1 aromatic carbocycles. The van der Waals surface area contributed by atoms with E-state index in [2.05, 4.69) is 5.32 Å². The zero-order valence-electron chi connectivity index (χ0n) is 16.5. The molecule has 7 heteroatoms. The van der Waals surface area contributed by atoms with Crippen molar-refractivity contribution in [2.75, 3.05) is 26.7 Å². The van der Waals surface area contributed by atoms with Crippen LogP contribution in [0.3, 0.4) is 0 Å². The van der Waals surface area contributed by atoms with Gasteiger partial charge in [0.2, 0.25) is 5.91 Å². The van der Waals surface area contributed by atoms with Crippen molar-refractivity contribution in [1.29, 1.82) is 0 Å². The monoisotopic (exact) mass is 377 g/mol. The first-order valence-corrected chi connectivity index (χ1v) is 9.58. The number of hydrogen-bond acceptors (Lipinski definition) is 5. The molecule has 150 valence electrons. The van der Waals surface area contributed by atoms with Crippen LogP contribution in [0.15, 0.2) is 18.2 Å². The van der Waals surface area contributed by atoms with Gasteiger partial charge in [0.25, 0.3) is 5.91 Å². The summed E-state index contributed by atoms with van der Waals surface area (Å²) in [5.74, 6) is 1.03. The lowest BCUT2D eigenvalue weighted by atomic mass is 10.0. The van der Waals surface area contributed by atoms with E-state index >= 15 is 0 Å². The first kappa shape index (κ1) is 21.0. The Morgan fingerprint density at radius 2 is 2.07 bits per heavy atom. The molecule has 1 aliphatic heterocycles. The van der Waals surface area contributed by atoms with Crippen LogP contribution in [0.2, 0.25) is 0 Å². The Bertz CT molecular complexity index is 648. The largest absolute Gasteiger partial charge is 0.493 e. The smallest absolute Gasteiger partial charge is 0.254 e. The minimum absolute atomic E-state index is 0.00874. The predicted octanol–water partition coefficient (Wildman–Crippen LogP) is 1.94. The number of nitrogens with one attached hydrogen (secondary N) is 1. The number of nitrogens with zero attached hydrogens (tertiary/aromatic N) is 1. The topological polar surface area (TPSA) is 93.9 Å². The fourth-order valence-electron chi connectivity index (χ4n) is 3.25. The summed E-state index contributed by atoms with van der Waals surface area (Å²) in [6.07, 6.45) is 3.20. The lowest BCUT2D eigenvalue weighted by Gasteiger charge is -2.36. The highest BCUT2D eigenvalue weighted by Crippen LogP contribution is 2.30. The Labute approximate surface area is 161 Å². The fraction of sp³-hybridized carbons (Fsp3) is 0.600. The number of methoxy groups -OCH3 is 1. The van der Waals surface area contributed by atoms with Gasteiger partial charge in [0, 0.05) is 37.7 Å². The molecule has 3 N–H and O–H groups in total. The number of carbonyl (C=O) groups is 2. The minimum atomic E-state index is -0.0765. The maximum atomic E-state index is 13.1. The van der Waals surface area contributed by atoms with Crippen LogP contribution in [-0.2, 0) is 4.79 Å². The predicted molar refractivity (Wildman–Crippen MR) is 104 cm³/mol. The molecule has 1 aliphatic rings. The van der Waals surface area contributed by atoms with Gasteiger partial charge >= 0.3 is 0 Å². The van der Waals surface area contributed by atoms with E-state index in [-0.39, 0.29) is 24.0 Å². The number of piperidine rings is 1. The Balaban J connectivity index is 2.12. The van der Waals surface area contributed by atoms with E-state index in [4.69, 9.17) is 15.2 Å².